The molecule has 3 aromatic carbocycles. The van der Waals surface area contributed by atoms with E-state index in [0.717, 1.165) is 23.1 Å². The summed E-state index contributed by atoms with van der Waals surface area (Å²) in [5, 5.41) is 0.564. The second-order valence-electron chi connectivity index (χ2n) is 13.1. The van der Waals surface area contributed by atoms with Crippen molar-refractivity contribution >= 4 is 20.0 Å². The lowest BCUT2D eigenvalue weighted by atomic mass is 9.82. The number of hydrogen-bond donors (Lipinski definition) is 0. The van der Waals surface area contributed by atoms with Gasteiger partial charge in [-0.2, -0.15) is 13.2 Å². The van der Waals surface area contributed by atoms with Gasteiger partial charge in [0.25, 0.3) is 0 Å². The Labute approximate surface area is 262 Å². The van der Waals surface area contributed by atoms with Crippen LogP contribution in [0.15, 0.2) is 91.1 Å². The van der Waals surface area contributed by atoms with Gasteiger partial charge in [0, 0.05) is 34.0 Å². The minimum Gasteiger partial charge on any atom is -0.255 e. The van der Waals surface area contributed by atoms with E-state index in [4.69, 9.17) is 19.9 Å². The number of fused-ring (bicyclic) bond motifs is 2. The zero-order chi connectivity index (χ0) is 31.6. The first-order chi connectivity index (χ1) is 21.4. The van der Waals surface area contributed by atoms with Crippen molar-refractivity contribution in [2.24, 2.45) is 0 Å². The maximum atomic E-state index is 14.2. The van der Waals surface area contributed by atoms with Crippen molar-refractivity contribution in [2.75, 3.05) is 0 Å². The lowest BCUT2D eigenvalue weighted by Gasteiger charge is -2.25. The highest BCUT2D eigenvalue weighted by Crippen LogP contribution is 2.50. The molecule has 1 aliphatic carbocycles. The summed E-state index contributed by atoms with van der Waals surface area (Å²) in [6.45, 7) is 9.03. The Hall–Kier alpha value is -4.22. The van der Waals surface area contributed by atoms with Gasteiger partial charge in [-0.3, -0.25) is 4.98 Å². The lowest BCUT2D eigenvalue weighted by molar-refractivity contribution is -0.120. The van der Waals surface area contributed by atoms with Crippen molar-refractivity contribution in [1.82, 2.24) is 19.9 Å². The van der Waals surface area contributed by atoms with E-state index < -0.39 is 20.4 Å². The summed E-state index contributed by atoms with van der Waals surface area (Å²) in [4.78, 5) is 19.3. The number of allylic oxidation sites excluding steroid dienone is 1. The molecule has 0 amide bonds. The normalized spacial score (nSPS) is 18.5. The van der Waals surface area contributed by atoms with Crippen LogP contribution >= 0.6 is 8.58 Å². The molecule has 7 rings (SSSR count). The molecule has 0 spiro atoms. The highest BCUT2D eigenvalue weighted by molar-refractivity contribution is 7.49. The van der Waals surface area contributed by atoms with Gasteiger partial charge in [-0.15, -0.1) is 0 Å². The SMILES string of the molecule is CC1(C)CC(C)(C)c2cc(-c3ncc(-c4nc(-c5ccccc5)nc(-c5ccccc5)n4)c4c3C=CC(C(F)(F)F)P4)ccc21. The number of hydrogen-bond acceptors (Lipinski definition) is 4. The number of benzene rings is 3. The molecule has 0 saturated carbocycles. The molecule has 226 valence electrons. The first-order valence-corrected chi connectivity index (χ1v) is 16.1. The van der Waals surface area contributed by atoms with Crippen LogP contribution in [0.2, 0.25) is 0 Å². The van der Waals surface area contributed by atoms with Crippen LogP contribution in [0, 0.1) is 0 Å². The molecule has 0 N–H and O–H groups in total. The topological polar surface area (TPSA) is 51.6 Å². The average molecular weight is 621 g/mol. The van der Waals surface area contributed by atoms with Crippen molar-refractivity contribution in [3.05, 3.63) is 108 Å². The maximum absolute atomic E-state index is 14.2. The zero-order valence-corrected chi connectivity index (χ0v) is 26.4. The van der Waals surface area contributed by atoms with Crippen molar-refractivity contribution in [1.29, 1.82) is 0 Å². The molecule has 2 aliphatic rings. The van der Waals surface area contributed by atoms with Gasteiger partial charge in [0.15, 0.2) is 17.5 Å². The molecule has 3 heterocycles. The molecule has 5 aromatic rings. The highest BCUT2D eigenvalue weighted by Gasteiger charge is 2.43. The van der Waals surface area contributed by atoms with E-state index in [1.165, 1.54) is 17.2 Å². The summed E-state index contributed by atoms with van der Waals surface area (Å²) in [6.07, 6.45) is 1.16. The molecule has 1 aliphatic heterocycles. The van der Waals surface area contributed by atoms with Crippen LogP contribution < -0.4 is 5.30 Å². The molecular formula is C37H32F3N4P. The Morgan fingerprint density at radius 2 is 1.29 bits per heavy atom. The van der Waals surface area contributed by atoms with E-state index in [1.54, 1.807) is 12.3 Å². The summed E-state index contributed by atoms with van der Waals surface area (Å²) in [6, 6.07) is 25.5. The van der Waals surface area contributed by atoms with Crippen LogP contribution in [0.4, 0.5) is 13.2 Å². The van der Waals surface area contributed by atoms with E-state index >= 15 is 0 Å². The second kappa shape index (κ2) is 10.7. The molecule has 4 nitrogen and oxygen atoms in total. The predicted molar refractivity (Wildman–Crippen MR) is 177 cm³/mol. The fourth-order valence-corrected chi connectivity index (χ4v) is 8.25. The van der Waals surface area contributed by atoms with Gasteiger partial charge in [0.05, 0.1) is 11.4 Å². The summed E-state index contributed by atoms with van der Waals surface area (Å²) < 4.78 is 42.5. The molecule has 45 heavy (non-hydrogen) atoms. The van der Waals surface area contributed by atoms with Crippen LogP contribution in [0.25, 0.3) is 51.5 Å². The number of rotatable bonds is 4. The van der Waals surface area contributed by atoms with Crippen LogP contribution in [0.1, 0.15) is 50.8 Å². The molecule has 0 fully saturated rings. The Morgan fingerprint density at radius 1 is 0.711 bits per heavy atom. The number of alkyl halides is 3. The summed E-state index contributed by atoms with van der Waals surface area (Å²) >= 11 is 0. The molecule has 0 bridgehead atoms. The monoisotopic (exact) mass is 620 g/mol. The third-order valence-electron chi connectivity index (χ3n) is 8.80. The zero-order valence-electron chi connectivity index (χ0n) is 25.4. The van der Waals surface area contributed by atoms with Crippen molar-refractivity contribution in [3.8, 4) is 45.4 Å². The largest absolute Gasteiger partial charge is 0.399 e. The standard InChI is InChI=1S/C37H32F3N4P/c1-35(2)21-36(3,4)28-19-24(15-17-27(28)35)30-25-16-18-29(37(38,39)40)45-31(25)26(20-41-30)34-43-32(22-11-7-5-8-12-22)42-33(44-34)23-13-9-6-10-14-23/h5-20,29,45H,21H2,1-4H3. The minimum absolute atomic E-state index is 0.0274. The number of aromatic nitrogens is 4. The Morgan fingerprint density at radius 3 is 1.89 bits per heavy atom. The molecule has 2 aromatic heterocycles. The maximum Gasteiger partial charge on any atom is 0.399 e. The summed E-state index contributed by atoms with van der Waals surface area (Å²) in [7, 11) is -0.557. The quantitative estimate of drug-likeness (QED) is 0.188. The average Bonchev–Trinajstić information content (AvgIpc) is 3.22. The smallest absolute Gasteiger partial charge is 0.255 e. The van der Waals surface area contributed by atoms with Crippen LogP contribution in [0.3, 0.4) is 0 Å². The van der Waals surface area contributed by atoms with Crippen LogP contribution in [-0.4, -0.2) is 31.8 Å². The fourth-order valence-electron chi connectivity index (χ4n) is 6.90. The molecule has 0 saturated heterocycles. The molecule has 2 unspecified atom stereocenters. The van der Waals surface area contributed by atoms with Gasteiger partial charge >= 0.3 is 6.18 Å². The van der Waals surface area contributed by atoms with Crippen molar-refractivity contribution < 1.29 is 13.2 Å². The number of halogens is 3. The van der Waals surface area contributed by atoms with Gasteiger partial charge in [-0.25, -0.2) is 15.0 Å². The first kappa shape index (κ1) is 29.5. The first-order valence-electron chi connectivity index (χ1n) is 15.0. The molecule has 2 atom stereocenters. The summed E-state index contributed by atoms with van der Waals surface area (Å²) in [5.74, 6) is 1.20. The minimum atomic E-state index is -4.37. The Balaban J connectivity index is 1.44. The van der Waals surface area contributed by atoms with E-state index in [9.17, 15) is 13.2 Å². The molecular weight excluding hydrogens is 588 g/mol. The van der Waals surface area contributed by atoms with Gasteiger partial charge in [-0.1, -0.05) is 121 Å². The Kier molecular flexibility index (Phi) is 7.01. The fraction of sp³-hybridized carbons (Fsp3) is 0.243. The number of nitrogens with zero attached hydrogens (tertiary/aromatic N) is 4. The van der Waals surface area contributed by atoms with Crippen molar-refractivity contribution in [3.63, 3.8) is 0 Å². The summed E-state index contributed by atoms with van der Waals surface area (Å²) in [5.41, 5.74) is 5.31. The van der Waals surface area contributed by atoms with E-state index in [0.29, 0.717) is 39.6 Å². The predicted octanol–water partition coefficient (Wildman–Crippen LogP) is 9.15. The lowest BCUT2D eigenvalue weighted by Crippen LogP contribution is -2.28. The third-order valence-corrected chi connectivity index (χ3v) is 10.5. The van der Waals surface area contributed by atoms with Crippen molar-refractivity contribution in [2.45, 2.75) is 56.8 Å². The molecule has 8 heteroatoms. The third kappa shape index (κ3) is 5.37. The van der Waals surface area contributed by atoms with Gasteiger partial charge in [0.1, 0.15) is 0 Å². The van der Waals surface area contributed by atoms with E-state index in [2.05, 4.69) is 45.9 Å². The van der Waals surface area contributed by atoms with Gasteiger partial charge in [0.2, 0.25) is 0 Å². The second-order valence-corrected chi connectivity index (χ2v) is 14.5. The van der Waals surface area contributed by atoms with E-state index in [1.807, 2.05) is 60.7 Å². The van der Waals surface area contributed by atoms with Crippen LogP contribution in [0.5, 0.6) is 0 Å². The van der Waals surface area contributed by atoms with Crippen LogP contribution in [-0.2, 0) is 10.8 Å². The number of pyridine rings is 1. The Bertz CT molecular complexity index is 1890. The van der Waals surface area contributed by atoms with Gasteiger partial charge < -0.3 is 0 Å². The highest BCUT2D eigenvalue weighted by atomic mass is 31.1. The van der Waals surface area contributed by atoms with E-state index in [-0.39, 0.29) is 10.8 Å². The van der Waals surface area contributed by atoms with Gasteiger partial charge in [-0.05, 0) is 39.7 Å². The molecule has 0 radical (unpaired) electrons.